The molecule has 0 spiro atoms. The Bertz CT molecular complexity index is 2700. The number of nitrogens with zero attached hydrogens (tertiary/aromatic N) is 4. The Kier molecular flexibility index (Phi) is 6.89. The van der Waals surface area contributed by atoms with E-state index in [1.165, 1.54) is 18.2 Å². The van der Waals surface area contributed by atoms with Crippen LogP contribution in [0.5, 0.6) is 0 Å². The fraction of sp³-hybridized carbons (Fsp3) is 0.116. The molecule has 0 N–H and O–H groups in total. The molecule has 0 radical (unpaired) electrons. The number of hydrogen-bond acceptors (Lipinski definition) is 1. The number of benzene rings is 6. The van der Waals surface area contributed by atoms with Crippen LogP contribution in [-0.4, -0.2) is 9.13 Å². The summed E-state index contributed by atoms with van der Waals surface area (Å²) >= 11 is 0. The molecule has 0 aliphatic carbocycles. The van der Waals surface area contributed by atoms with Gasteiger partial charge >= 0.3 is 6.18 Å². The molecule has 0 bridgehead atoms. The number of hydrogen-bond donors (Lipinski definition) is 0. The Morgan fingerprint density at radius 3 is 1.48 bits per heavy atom. The maximum absolute atomic E-state index is 14.7. The number of alkyl halides is 3. The summed E-state index contributed by atoms with van der Waals surface area (Å²) in [6, 6.07) is 33.7. The van der Waals surface area contributed by atoms with E-state index in [2.05, 4.69) is 44.3 Å². The van der Waals surface area contributed by atoms with Gasteiger partial charge in [-0.25, -0.2) is 4.85 Å². The molecule has 0 fully saturated rings. The van der Waals surface area contributed by atoms with Gasteiger partial charge in [-0.05, 0) is 73.2 Å². The van der Waals surface area contributed by atoms with Crippen molar-refractivity contribution in [1.29, 1.82) is 5.26 Å². The van der Waals surface area contributed by atoms with Gasteiger partial charge in [-0.3, -0.25) is 0 Å². The molecule has 2 aromatic heterocycles. The highest BCUT2D eigenvalue weighted by Crippen LogP contribution is 2.47. The Labute approximate surface area is 286 Å². The highest BCUT2D eigenvalue weighted by molar-refractivity contribution is 6.14. The topological polar surface area (TPSA) is 38.0 Å². The van der Waals surface area contributed by atoms with Crippen LogP contribution in [-0.2, 0) is 6.18 Å². The zero-order chi connectivity index (χ0) is 35.1. The van der Waals surface area contributed by atoms with Crippen LogP contribution in [0.2, 0.25) is 0 Å². The Balaban J connectivity index is 1.67. The number of aryl methyl sites for hydroxylation is 4. The van der Waals surface area contributed by atoms with Gasteiger partial charge in [0.05, 0.1) is 51.1 Å². The number of aromatic nitrogens is 2. The second-order valence-corrected chi connectivity index (χ2v) is 12.9. The van der Waals surface area contributed by atoms with E-state index < -0.39 is 11.7 Å². The van der Waals surface area contributed by atoms with Gasteiger partial charge in [0.25, 0.3) is 0 Å². The third-order valence-electron chi connectivity index (χ3n) is 9.86. The summed E-state index contributed by atoms with van der Waals surface area (Å²) in [6.07, 6.45) is -4.73. The second-order valence-electron chi connectivity index (χ2n) is 12.9. The lowest BCUT2D eigenvalue weighted by molar-refractivity contribution is -0.137. The predicted molar refractivity (Wildman–Crippen MR) is 195 cm³/mol. The summed E-state index contributed by atoms with van der Waals surface area (Å²) < 4.78 is 48.3. The second kappa shape index (κ2) is 11.1. The minimum atomic E-state index is -4.73. The lowest BCUT2D eigenvalue weighted by Crippen LogP contribution is -2.10. The molecule has 6 aromatic carbocycles. The van der Waals surface area contributed by atoms with Crippen molar-refractivity contribution in [3.05, 3.63) is 148 Å². The molecule has 2 heterocycles. The summed E-state index contributed by atoms with van der Waals surface area (Å²) in [5, 5.41) is 15.0. The molecule has 0 aliphatic heterocycles. The van der Waals surface area contributed by atoms with Gasteiger partial charge in [-0.1, -0.05) is 91.0 Å². The minimum absolute atomic E-state index is 0.138. The number of fused-ring (bicyclic) bond motifs is 6. The van der Waals surface area contributed by atoms with E-state index in [0.717, 1.165) is 71.9 Å². The zero-order valence-electron chi connectivity index (χ0n) is 27.7. The highest BCUT2D eigenvalue weighted by atomic mass is 19.4. The Morgan fingerprint density at radius 2 is 1.06 bits per heavy atom. The molecule has 0 aliphatic rings. The van der Waals surface area contributed by atoms with Gasteiger partial charge in [0, 0.05) is 21.5 Å². The van der Waals surface area contributed by atoms with Gasteiger partial charge in [0.1, 0.15) is 6.07 Å². The van der Waals surface area contributed by atoms with Gasteiger partial charge < -0.3 is 9.13 Å². The molecular weight excluding hydrogens is 629 g/mol. The molecule has 0 unspecified atom stereocenters. The minimum Gasteiger partial charge on any atom is -0.307 e. The van der Waals surface area contributed by atoms with Crippen molar-refractivity contribution >= 4 is 49.3 Å². The van der Waals surface area contributed by atoms with Crippen molar-refractivity contribution < 1.29 is 13.2 Å². The maximum Gasteiger partial charge on any atom is 0.415 e. The average molecular weight is 659 g/mol. The summed E-state index contributed by atoms with van der Waals surface area (Å²) in [7, 11) is 0. The fourth-order valence-electron chi connectivity index (χ4n) is 7.81. The van der Waals surface area contributed by atoms with Crippen LogP contribution in [0.3, 0.4) is 0 Å². The smallest absolute Gasteiger partial charge is 0.307 e. The lowest BCUT2D eigenvalue weighted by Gasteiger charge is -2.23. The first-order valence-electron chi connectivity index (χ1n) is 16.2. The van der Waals surface area contributed by atoms with Crippen molar-refractivity contribution in [2.75, 3.05) is 0 Å². The largest absolute Gasteiger partial charge is 0.415 e. The molecule has 7 heteroatoms. The third kappa shape index (κ3) is 4.37. The average Bonchev–Trinajstić information content (AvgIpc) is 3.63. The van der Waals surface area contributed by atoms with Gasteiger partial charge in [-0.2, -0.15) is 18.4 Å². The quantitative estimate of drug-likeness (QED) is 0.174. The van der Waals surface area contributed by atoms with Crippen LogP contribution >= 0.6 is 0 Å². The van der Waals surface area contributed by atoms with E-state index >= 15 is 0 Å². The summed E-state index contributed by atoms with van der Waals surface area (Å²) in [6.45, 7) is 16.0. The van der Waals surface area contributed by atoms with Crippen LogP contribution < -0.4 is 0 Å². The zero-order valence-corrected chi connectivity index (χ0v) is 27.7. The monoisotopic (exact) mass is 658 g/mol. The van der Waals surface area contributed by atoms with Crippen LogP contribution in [0.15, 0.2) is 103 Å². The van der Waals surface area contributed by atoms with E-state index in [1.807, 2.05) is 76.2 Å². The van der Waals surface area contributed by atoms with E-state index in [1.54, 1.807) is 6.07 Å². The fourth-order valence-corrected chi connectivity index (χ4v) is 7.81. The SMILES string of the molecule is [C-]#[N+]c1cccc(C(F)(F)F)c1-c1cc(C#N)c(-n2c3c(C)cccc3c3cccc(C)c32)c(-n2c3c(C)cccc3c3cccc(C)c32)c1. The van der Waals surface area contributed by atoms with Gasteiger partial charge in [0.15, 0.2) is 5.69 Å². The third-order valence-corrected chi connectivity index (χ3v) is 9.86. The van der Waals surface area contributed by atoms with Crippen molar-refractivity contribution in [1.82, 2.24) is 9.13 Å². The normalized spacial score (nSPS) is 11.9. The van der Waals surface area contributed by atoms with Crippen molar-refractivity contribution in [3.63, 3.8) is 0 Å². The Hall–Kier alpha value is -6.31. The summed E-state index contributed by atoms with van der Waals surface area (Å²) in [4.78, 5) is 3.53. The number of nitriles is 1. The van der Waals surface area contributed by atoms with Crippen LogP contribution in [0.1, 0.15) is 33.4 Å². The van der Waals surface area contributed by atoms with Crippen molar-refractivity contribution in [2.24, 2.45) is 0 Å². The summed E-state index contributed by atoms with van der Waals surface area (Å²) in [5.74, 6) is 0. The van der Waals surface area contributed by atoms with Crippen LogP contribution in [0.25, 0.3) is 71.0 Å². The van der Waals surface area contributed by atoms with E-state index in [4.69, 9.17) is 6.57 Å². The molecule has 50 heavy (non-hydrogen) atoms. The first-order valence-corrected chi connectivity index (χ1v) is 16.2. The predicted octanol–water partition coefficient (Wildman–Crippen LogP) is 12.2. The summed E-state index contributed by atoms with van der Waals surface area (Å²) in [5.41, 5.74) is 7.65. The highest BCUT2D eigenvalue weighted by Gasteiger charge is 2.35. The maximum atomic E-state index is 14.7. The van der Waals surface area contributed by atoms with E-state index in [0.29, 0.717) is 11.4 Å². The first kappa shape index (κ1) is 31.0. The molecular formula is C43H29F3N4. The van der Waals surface area contributed by atoms with Crippen LogP contribution in [0, 0.1) is 45.6 Å². The first-order chi connectivity index (χ1) is 24.0. The molecule has 8 rings (SSSR count). The van der Waals surface area contributed by atoms with E-state index in [-0.39, 0.29) is 22.4 Å². The molecule has 0 atom stereocenters. The number of halogens is 3. The molecule has 4 nitrogen and oxygen atoms in total. The molecule has 8 aromatic rings. The Morgan fingerprint density at radius 1 is 0.620 bits per heavy atom. The molecule has 0 saturated heterocycles. The van der Waals surface area contributed by atoms with Crippen molar-refractivity contribution in [2.45, 2.75) is 33.9 Å². The molecule has 0 saturated carbocycles. The van der Waals surface area contributed by atoms with Gasteiger partial charge in [-0.15, -0.1) is 0 Å². The number of rotatable bonds is 3. The number of para-hydroxylation sites is 4. The molecule has 242 valence electrons. The molecule has 0 amide bonds. The van der Waals surface area contributed by atoms with Crippen molar-refractivity contribution in [3.8, 4) is 28.6 Å². The standard InChI is InChI=1S/C43H29F3N4/c1-24-11-6-15-30-31-16-7-12-25(2)39(31)49(38(24)30)36-22-28(37-34(43(44,45)46)19-10-20-35(37)48-5)21-29(23-47)42(36)50-40-26(3)13-8-17-32(40)33-18-9-14-27(4)41(33)50/h6-22H,1-4H3. The van der Waals surface area contributed by atoms with E-state index in [9.17, 15) is 18.4 Å². The lowest BCUT2D eigenvalue weighted by atomic mass is 9.94. The van der Waals surface area contributed by atoms with Gasteiger partial charge in [0.2, 0.25) is 0 Å². The van der Waals surface area contributed by atoms with Crippen LogP contribution in [0.4, 0.5) is 18.9 Å².